The lowest BCUT2D eigenvalue weighted by Gasteiger charge is -2.09. The highest BCUT2D eigenvalue weighted by Gasteiger charge is 2.13. The average Bonchev–Trinajstić information content (AvgIpc) is 2.66. The predicted octanol–water partition coefficient (Wildman–Crippen LogP) is 1.77. The number of carbonyl (C=O) groups is 1. The van der Waals surface area contributed by atoms with Gasteiger partial charge in [0.1, 0.15) is 11.5 Å². The molecular formula is C18H21NO6S. The molecule has 26 heavy (non-hydrogen) atoms. The fourth-order valence-electron chi connectivity index (χ4n) is 2.12. The van der Waals surface area contributed by atoms with Crippen molar-refractivity contribution in [2.45, 2.75) is 11.3 Å². The Morgan fingerprint density at radius 2 is 1.58 bits per heavy atom. The molecule has 1 N–H and O–H groups in total. The van der Waals surface area contributed by atoms with Gasteiger partial charge >= 0.3 is 5.97 Å². The van der Waals surface area contributed by atoms with Crippen molar-refractivity contribution in [3.05, 3.63) is 54.1 Å². The minimum atomic E-state index is -3.62. The molecule has 0 unspecified atom stereocenters. The van der Waals surface area contributed by atoms with Crippen LogP contribution in [0.5, 0.6) is 11.5 Å². The third kappa shape index (κ3) is 5.75. The molecule has 0 aliphatic carbocycles. The summed E-state index contributed by atoms with van der Waals surface area (Å²) < 4.78 is 41.9. The molecule has 2 aromatic rings. The van der Waals surface area contributed by atoms with Gasteiger partial charge in [0.15, 0.2) is 6.61 Å². The Morgan fingerprint density at radius 1 is 0.962 bits per heavy atom. The molecular weight excluding hydrogens is 358 g/mol. The van der Waals surface area contributed by atoms with Crippen molar-refractivity contribution in [1.82, 2.24) is 4.72 Å². The lowest BCUT2D eigenvalue weighted by Crippen LogP contribution is -2.26. The first-order chi connectivity index (χ1) is 12.4. The van der Waals surface area contributed by atoms with Crippen LogP contribution in [0, 0.1) is 0 Å². The molecule has 0 atom stereocenters. The van der Waals surface area contributed by atoms with Crippen molar-refractivity contribution >= 4 is 16.0 Å². The Hall–Kier alpha value is -2.58. The first-order valence-electron chi connectivity index (χ1n) is 7.87. The molecule has 0 heterocycles. The second-order valence-corrected chi connectivity index (χ2v) is 7.10. The molecule has 0 aliphatic heterocycles. The molecule has 0 aliphatic rings. The smallest absolute Gasteiger partial charge is 0.343 e. The highest BCUT2D eigenvalue weighted by atomic mass is 32.2. The molecule has 2 aromatic carbocycles. The van der Waals surface area contributed by atoms with Gasteiger partial charge in [-0.3, -0.25) is 0 Å². The SMILES string of the molecule is COC(=O)COc1ccc(S(=O)(=O)NCCc2ccc(OC)cc2)cc1. The summed E-state index contributed by atoms with van der Waals surface area (Å²) in [6.45, 7) is 0.0396. The Kier molecular flexibility index (Phi) is 6.99. The maximum Gasteiger partial charge on any atom is 0.343 e. The van der Waals surface area contributed by atoms with Crippen molar-refractivity contribution in [1.29, 1.82) is 0 Å². The van der Waals surface area contributed by atoms with Crippen molar-refractivity contribution in [3.63, 3.8) is 0 Å². The summed E-state index contributed by atoms with van der Waals surface area (Å²) in [5, 5.41) is 0. The van der Waals surface area contributed by atoms with E-state index in [0.717, 1.165) is 11.3 Å². The fourth-order valence-corrected chi connectivity index (χ4v) is 3.15. The molecule has 7 nitrogen and oxygen atoms in total. The molecule has 2 rings (SSSR count). The zero-order valence-corrected chi connectivity index (χ0v) is 15.4. The summed E-state index contributed by atoms with van der Waals surface area (Å²) >= 11 is 0. The van der Waals surface area contributed by atoms with Crippen LogP contribution in [0.4, 0.5) is 0 Å². The van der Waals surface area contributed by atoms with E-state index in [1.165, 1.54) is 31.4 Å². The molecule has 0 radical (unpaired) electrons. The van der Waals surface area contributed by atoms with E-state index >= 15 is 0 Å². The number of benzene rings is 2. The average molecular weight is 379 g/mol. The summed E-state index contributed by atoms with van der Waals surface area (Å²) in [5.74, 6) is 0.623. The van der Waals surface area contributed by atoms with Crippen molar-refractivity contribution < 1.29 is 27.4 Å². The Morgan fingerprint density at radius 3 is 2.15 bits per heavy atom. The Bertz CT molecular complexity index is 816. The number of hydrogen-bond acceptors (Lipinski definition) is 6. The van der Waals surface area contributed by atoms with Crippen LogP contribution in [0.25, 0.3) is 0 Å². The van der Waals surface area contributed by atoms with Crippen molar-refractivity contribution in [3.8, 4) is 11.5 Å². The summed E-state index contributed by atoms with van der Waals surface area (Å²) in [6.07, 6.45) is 0.559. The van der Waals surface area contributed by atoms with Crippen LogP contribution in [-0.2, 0) is 26.0 Å². The van der Waals surface area contributed by atoms with Gasteiger partial charge in [-0.25, -0.2) is 17.9 Å². The number of sulfonamides is 1. The maximum atomic E-state index is 12.3. The highest BCUT2D eigenvalue weighted by Crippen LogP contribution is 2.16. The fraction of sp³-hybridized carbons (Fsp3) is 0.278. The molecule has 0 aromatic heterocycles. The molecule has 8 heteroatoms. The minimum Gasteiger partial charge on any atom is -0.497 e. The molecule has 0 bridgehead atoms. The summed E-state index contributed by atoms with van der Waals surface area (Å²) in [7, 11) is -0.763. The van der Waals surface area contributed by atoms with Crippen LogP contribution in [0.1, 0.15) is 5.56 Å². The predicted molar refractivity (Wildman–Crippen MR) is 95.8 cm³/mol. The third-order valence-corrected chi connectivity index (χ3v) is 5.06. The van der Waals surface area contributed by atoms with Gasteiger partial charge in [0, 0.05) is 6.54 Å². The zero-order valence-electron chi connectivity index (χ0n) is 14.6. The molecule has 0 saturated carbocycles. The molecule has 0 spiro atoms. The highest BCUT2D eigenvalue weighted by molar-refractivity contribution is 7.89. The summed E-state index contributed by atoms with van der Waals surface area (Å²) in [5.41, 5.74) is 1.00. The zero-order chi connectivity index (χ0) is 19.0. The van der Waals surface area contributed by atoms with E-state index in [9.17, 15) is 13.2 Å². The van der Waals surface area contributed by atoms with Crippen LogP contribution < -0.4 is 14.2 Å². The number of rotatable bonds is 9. The van der Waals surface area contributed by atoms with Crippen LogP contribution in [0.2, 0.25) is 0 Å². The largest absolute Gasteiger partial charge is 0.497 e. The number of ether oxygens (including phenoxy) is 3. The van der Waals surface area contributed by atoms with Crippen molar-refractivity contribution in [2.24, 2.45) is 0 Å². The summed E-state index contributed by atoms with van der Waals surface area (Å²) in [6, 6.07) is 13.3. The third-order valence-electron chi connectivity index (χ3n) is 3.58. The summed E-state index contributed by atoms with van der Waals surface area (Å²) in [4.78, 5) is 11.1. The van der Waals surface area contributed by atoms with E-state index < -0.39 is 16.0 Å². The first-order valence-corrected chi connectivity index (χ1v) is 9.35. The Labute approximate surface area is 152 Å². The van der Waals surface area contributed by atoms with Crippen LogP contribution in [0.3, 0.4) is 0 Å². The second kappa shape index (κ2) is 9.21. The topological polar surface area (TPSA) is 90.9 Å². The van der Waals surface area contributed by atoms with E-state index in [1.807, 2.05) is 24.3 Å². The van der Waals surface area contributed by atoms with E-state index in [0.29, 0.717) is 12.2 Å². The molecule has 140 valence electrons. The van der Waals surface area contributed by atoms with Gasteiger partial charge in [0.2, 0.25) is 10.0 Å². The van der Waals surface area contributed by atoms with E-state index in [-0.39, 0.29) is 18.0 Å². The number of hydrogen-bond donors (Lipinski definition) is 1. The monoisotopic (exact) mass is 379 g/mol. The minimum absolute atomic E-state index is 0.123. The number of methoxy groups -OCH3 is 2. The van der Waals surface area contributed by atoms with E-state index in [2.05, 4.69) is 9.46 Å². The van der Waals surface area contributed by atoms with Gasteiger partial charge in [-0.1, -0.05) is 12.1 Å². The van der Waals surface area contributed by atoms with Crippen molar-refractivity contribution in [2.75, 3.05) is 27.4 Å². The van der Waals surface area contributed by atoms with Gasteiger partial charge < -0.3 is 14.2 Å². The molecule has 0 fully saturated rings. The van der Waals surface area contributed by atoms with Gasteiger partial charge in [0.25, 0.3) is 0 Å². The number of nitrogens with one attached hydrogen (secondary N) is 1. The van der Waals surface area contributed by atoms with E-state index in [4.69, 9.17) is 9.47 Å². The van der Waals surface area contributed by atoms with Crippen LogP contribution >= 0.6 is 0 Å². The van der Waals surface area contributed by atoms with Gasteiger partial charge in [-0.2, -0.15) is 0 Å². The van der Waals surface area contributed by atoms with Gasteiger partial charge in [-0.05, 0) is 48.4 Å². The quantitative estimate of drug-likeness (QED) is 0.668. The van der Waals surface area contributed by atoms with Crippen LogP contribution in [-0.4, -0.2) is 41.8 Å². The lowest BCUT2D eigenvalue weighted by molar-refractivity contribution is -0.142. The number of esters is 1. The second-order valence-electron chi connectivity index (χ2n) is 5.33. The van der Waals surface area contributed by atoms with Gasteiger partial charge in [0.05, 0.1) is 19.1 Å². The Balaban J connectivity index is 1.89. The lowest BCUT2D eigenvalue weighted by atomic mass is 10.1. The molecule has 0 saturated heterocycles. The normalized spacial score (nSPS) is 11.0. The standard InChI is InChI=1S/C18H21NO6S/c1-23-15-5-3-14(4-6-15)11-12-19-26(21,22)17-9-7-16(8-10-17)25-13-18(20)24-2/h3-10,19H,11-13H2,1-2H3. The first kappa shape index (κ1) is 19.7. The van der Waals surface area contributed by atoms with Gasteiger partial charge in [-0.15, -0.1) is 0 Å². The number of carbonyl (C=O) groups excluding carboxylic acids is 1. The molecule has 0 amide bonds. The maximum absolute atomic E-state index is 12.3. The van der Waals surface area contributed by atoms with E-state index in [1.54, 1.807) is 7.11 Å². The van der Waals surface area contributed by atoms with Crippen LogP contribution in [0.15, 0.2) is 53.4 Å².